The van der Waals surface area contributed by atoms with Crippen LogP contribution in [0.4, 0.5) is 4.39 Å². The van der Waals surface area contributed by atoms with Gasteiger partial charge < -0.3 is 14.3 Å². The molecular formula is C23H22FN3O. The molecule has 1 N–H and O–H groups in total. The summed E-state index contributed by atoms with van der Waals surface area (Å²) in [4.78, 5) is 5.67. The first kappa shape index (κ1) is 17.1. The minimum absolute atomic E-state index is 0.211. The zero-order valence-corrected chi connectivity index (χ0v) is 15.8. The minimum Gasteiger partial charge on any atom is -0.492 e. The van der Waals surface area contributed by atoms with Gasteiger partial charge in [0.25, 0.3) is 0 Å². The Morgan fingerprint density at radius 3 is 2.93 bits per heavy atom. The highest BCUT2D eigenvalue weighted by molar-refractivity contribution is 5.82. The molecule has 2 aromatic heterocycles. The second kappa shape index (κ2) is 6.84. The van der Waals surface area contributed by atoms with Crippen LogP contribution in [-0.2, 0) is 13.1 Å². The van der Waals surface area contributed by atoms with Gasteiger partial charge in [-0.2, -0.15) is 0 Å². The molecule has 0 saturated heterocycles. The van der Waals surface area contributed by atoms with Crippen molar-refractivity contribution in [1.29, 1.82) is 0 Å². The predicted octanol–water partition coefficient (Wildman–Crippen LogP) is 4.80. The van der Waals surface area contributed by atoms with E-state index in [1.165, 1.54) is 17.3 Å². The Labute approximate surface area is 163 Å². The van der Waals surface area contributed by atoms with Gasteiger partial charge in [-0.3, -0.25) is 4.90 Å². The quantitative estimate of drug-likeness (QED) is 0.558. The first-order chi connectivity index (χ1) is 13.7. The summed E-state index contributed by atoms with van der Waals surface area (Å²) in [6, 6.07) is 15.3. The molecule has 4 aromatic rings. The Balaban J connectivity index is 1.53. The van der Waals surface area contributed by atoms with E-state index in [9.17, 15) is 4.39 Å². The fourth-order valence-electron chi connectivity index (χ4n) is 4.07. The van der Waals surface area contributed by atoms with E-state index in [1.54, 1.807) is 6.07 Å². The van der Waals surface area contributed by atoms with Gasteiger partial charge in [0.15, 0.2) is 0 Å². The van der Waals surface area contributed by atoms with Gasteiger partial charge >= 0.3 is 0 Å². The lowest BCUT2D eigenvalue weighted by atomic mass is 10.1. The lowest BCUT2D eigenvalue weighted by molar-refractivity contribution is 0.217. The van der Waals surface area contributed by atoms with Crippen LogP contribution in [0.1, 0.15) is 16.8 Å². The van der Waals surface area contributed by atoms with E-state index < -0.39 is 0 Å². The number of aryl methyl sites for hydroxylation is 1. The third kappa shape index (κ3) is 3.08. The molecule has 0 aliphatic carbocycles. The number of hydrogen-bond acceptors (Lipinski definition) is 2. The smallest absolute Gasteiger partial charge is 0.126 e. The van der Waals surface area contributed by atoms with Crippen molar-refractivity contribution in [3.05, 3.63) is 83.6 Å². The number of ether oxygens (including phenoxy) is 1. The molecule has 28 heavy (non-hydrogen) atoms. The molecule has 0 atom stereocenters. The van der Waals surface area contributed by atoms with Crippen LogP contribution in [0.2, 0.25) is 0 Å². The molecule has 1 aliphatic rings. The largest absolute Gasteiger partial charge is 0.492 e. The number of rotatable bonds is 3. The van der Waals surface area contributed by atoms with Gasteiger partial charge in [-0.1, -0.05) is 0 Å². The third-order valence-electron chi connectivity index (χ3n) is 5.37. The van der Waals surface area contributed by atoms with Crippen molar-refractivity contribution in [1.82, 2.24) is 14.5 Å². The lowest BCUT2D eigenvalue weighted by Gasteiger charge is -2.19. The van der Waals surface area contributed by atoms with Crippen molar-refractivity contribution in [2.24, 2.45) is 0 Å². The van der Waals surface area contributed by atoms with Crippen LogP contribution >= 0.6 is 0 Å². The van der Waals surface area contributed by atoms with Gasteiger partial charge in [0.1, 0.15) is 18.2 Å². The van der Waals surface area contributed by atoms with E-state index in [2.05, 4.69) is 39.6 Å². The van der Waals surface area contributed by atoms with Crippen molar-refractivity contribution < 1.29 is 9.13 Å². The van der Waals surface area contributed by atoms with E-state index >= 15 is 0 Å². The van der Waals surface area contributed by atoms with Gasteiger partial charge in [-0.25, -0.2) is 4.39 Å². The van der Waals surface area contributed by atoms with Crippen molar-refractivity contribution in [3.8, 4) is 11.4 Å². The Hall–Kier alpha value is -3.05. The fourth-order valence-corrected chi connectivity index (χ4v) is 4.07. The maximum absolute atomic E-state index is 13.5. The summed E-state index contributed by atoms with van der Waals surface area (Å²) >= 11 is 0. The zero-order chi connectivity index (χ0) is 19.1. The molecule has 0 spiro atoms. The maximum Gasteiger partial charge on any atom is 0.126 e. The molecule has 0 unspecified atom stereocenters. The summed E-state index contributed by atoms with van der Waals surface area (Å²) in [5.74, 6) is 0.775. The molecule has 4 nitrogen and oxygen atoms in total. The average Bonchev–Trinajstić information content (AvgIpc) is 3.27. The number of aromatic nitrogens is 2. The number of aromatic amines is 1. The first-order valence-electron chi connectivity index (χ1n) is 9.55. The Bertz CT molecular complexity index is 1130. The SMILES string of the molecule is Cc1cc(-n2ccc3cc(F)ccc32)cc2c1OCCN(Cc1ccc[nH]1)C2. The highest BCUT2D eigenvalue weighted by Crippen LogP contribution is 2.32. The first-order valence-corrected chi connectivity index (χ1v) is 9.55. The maximum atomic E-state index is 13.5. The average molecular weight is 375 g/mol. The second-order valence-corrected chi connectivity index (χ2v) is 7.39. The summed E-state index contributed by atoms with van der Waals surface area (Å²) in [7, 11) is 0. The highest BCUT2D eigenvalue weighted by Gasteiger charge is 2.19. The molecule has 1 aliphatic heterocycles. The van der Waals surface area contributed by atoms with Crippen LogP contribution in [0.25, 0.3) is 16.6 Å². The van der Waals surface area contributed by atoms with Crippen LogP contribution in [0.15, 0.2) is 60.9 Å². The predicted molar refractivity (Wildman–Crippen MR) is 108 cm³/mol. The summed E-state index contributed by atoms with van der Waals surface area (Å²) in [5.41, 5.74) is 5.58. The second-order valence-electron chi connectivity index (χ2n) is 7.39. The summed E-state index contributed by atoms with van der Waals surface area (Å²) < 4.78 is 21.8. The van der Waals surface area contributed by atoms with Crippen molar-refractivity contribution >= 4 is 10.9 Å². The van der Waals surface area contributed by atoms with Crippen LogP contribution < -0.4 is 4.74 Å². The number of halogens is 1. The summed E-state index contributed by atoms with van der Waals surface area (Å²) in [6.07, 6.45) is 3.96. The Morgan fingerprint density at radius 1 is 1.14 bits per heavy atom. The Morgan fingerprint density at radius 2 is 2.07 bits per heavy atom. The molecule has 142 valence electrons. The van der Waals surface area contributed by atoms with Gasteiger partial charge in [0, 0.05) is 54.4 Å². The van der Waals surface area contributed by atoms with Gasteiger partial charge in [0.05, 0.1) is 5.52 Å². The highest BCUT2D eigenvalue weighted by atomic mass is 19.1. The molecule has 3 heterocycles. The van der Waals surface area contributed by atoms with Gasteiger partial charge in [0.2, 0.25) is 0 Å². The summed E-state index contributed by atoms with van der Waals surface area (Å²) in [6.45, 7) is 5.35. The molecule has 0 fully saturated rings. The van der Waals surface area contributed by atoms with Crippen LogP contribution in [0.3, 0.4) is 0 Å². The van der Waals surface area contributed by atoms with Gasteiger partial charge in [-0.15, -0.1) is 0 Å². The monoisotopic (exact) mass is 375 g/mol. The number of nitrogens with zero attached hydrogens (tertiary/aromatic N) is 2. The van der Waals surface area contributed by atoms with Gasteiger partial charge in [-0.05, 0) is 61.0 Å². The number of benzene rings is 2. The van der Waals surface area contributed by atoms with E-state index in [0.717, 1.165) is 47.5 Å². The minimum atomic E-state index is -0.211. The molecular weight excluding hydrogens is 353 g/mol. The number of fused-ring (bicyclic) bond motifs is 2. The normalized spacial score (nSPS) is 14.6. The Kier molecular flexibility index (Phi) is 4.17. The van der Waals surface area contributed by atoms with E-state index in [-0.39, 0.29) is 5.82 Å². The molecule has 5 heteroatoms. The number of nitrogens with one attached hydrogen (secondary N) is 1. The van der Waals surface area contributed by atoms with Crippen LogP contribution in [-0.4, -0.2) is 27.6 Å². The van der Waals surface area contributed by atoms with Crippen LogP contribution in [0.5, 0.6) is 5.75 Å². The van der Waals surface area contributed by atoms with E-state index in [4.69, 9.17) is 4.74 Å². The molecule has 0 amide bonds. The third-order valence-corrected chi connectivity index (χ3v) is 5.37. The topological polar surface area (TPSA) is 33.2 Å². The molecule has 0 bridgehead atoms. The standard InChI is InChI=1S/C23H22FN3O/c1-16-11-21(27-8-6-17-12-19(24)4-5-22(17)27)13-18-14-26(9-10-28-23(16)18)15-20-3-2-7-25-20/h2-8,11-13,25H,9-10,14-15H2,1H3. The zero-order valence-electron chi connectivity index (χ0n) is 15.8. The summed E-state index contributed by atoms with van der Waals surface area (Å²) in [5, 5.41) is 0.900. The van der Waals surface area contributed by atoms with E-state index in [1.807, 2.05) is 30.6 Å². The van der Waals surface area contributed by atoms with Crippen molar-refractivity contribution in [2.45, 2.75) is 20.0 Å². The van der Waals surface area contributed by atoms with Crippen molar-refractivity contribution in [3.63, 3.8) is 0 Å². The molecule has 2 aromatic carbocycles. The van der Waals surface area contributed by atoms with Crippen molar-refractivity contribution in [2.75, 3.05) is 13.2 Å². The van der Waals surface area contributed by atoms with E-state index in [0.29, 0.717) is 6.61 Å². The van der Waals surface area contributed by atoms with Crippen LogP contribution in [0, 0.1) is 12.7 Å². The fraction of sp³-hybridized carbons (Fsp3) is 0.217. The number of H-pyrrole nitrogens is 1. The molecule has 0 saturated carbocycles. The number of hydrogen-bond donors (Lipinski definition) is 1. The lowest BCUT2D eigenvalue weighted by Crippen LogP contribution is -2.25. The molecule has 0 radical (unpaired) electrons. The molecule has 5 rings (SSSR count).